The van der Waals surface area contributed by atoms with Gasteiger partial charge in [-0.15, -0.1) is 0 Å². The highest BCUT2D eigenvalue weighted by Crippen LogP contribution is 2.49. The van der Waals surface area contributed by atoms with Gasteiger partial charge in [0.05, 0.1) is 24.1 Å². The zero-order valence-electron chi connectivity index (χ0n) is 18.9. The smallest absolute Gasteiger partial charge is 0.143 e. The van der Waals surface area contributed by atoms with Crippen molar-refractivity contribution < 1.29 is 9.84 Å². The molecule has 5 N–H and O–H groups in total. The maximum atomic E-state index is 9.74. The lowest BCUT2D eigenvalue weighted by Gasteiger charge is -2.38. The van der Waals surface area contributed by atoms with E-state index in [1.165, 1.54) is 5.56 Å². The number of nitrogen functional groups attached to an aromatic ring is 1. The number of rotatable bonds is 6. The van der Waals surface area contributed by atoms with E-state index in [0.29, 0.717) is 12.4 Å². The molecule has 2 aromatic rings. The van der Waals surface area contributed by atoms with E-state index in [1.54, 1.807) is 6.33 Å². The van der Waals surface area contributed by atoms with Crippen LogP contribution in [0.15, 0.2) is 18.5 Å². The summed E-state index contributed by atoms with van der Waals surface area (Å²) in [7, 11) is 0. The Labute approximate surface area is 184 Å². The van der Waals surface area contributed by atoms with Gasteiger partial charge in [0.1, 0.15) is 17.9 Å². The first-order chi connectivity index (χ1) is 14.9. The molecule has 0 aliphatic heterocycles. The minimum Gasteiger partial charge on any atom is -0.488 e. The molecule has 0 saturated heterocycles. The third kappa shape index (κ3) is 4.08. The van der Waals surface area contributed by atoms with Crippen LogP contribution in [0.4, 0.5) is 11.5 Å². The van der Waals surface area contributed by atoms with Crippen molar-refractivity contribution in [2.24, 2.45) is 5.73 Å². The Morgan fingerprint density at radius 1 is 1.19 bits per heavy atom. The van der Waals surface area contributed by atoms with Gasteiger partial charge in [0.25, 0.3) is 0 Å². The lowest BCUT2D eigenvalue weighted by molar-refractivity contribution is 0.147. The molecule has 1 heterocycles. The minimum atomic E-state index is -0.211. The van der Waals surface area contributed by atoms with Gasteiger partial charge in [0.15, 0.2) is 0 Å². The van der Waals surface area contributed by atoms with Crippen molar-refractivity contribution in [2.45, 2.75) is 70.4 Å². The predicted molar refractivity (Wildman–Crippen MR) is 124 cm³/mol. The average molecular weight is 426 g/mol. The maximum Gasteiger partial charge on any atom is 0.143 e. The number of aliphatic hydroxyl groups is 1. The maximum absolute atomic E-state index is 9.74. The zero-order valence-corrected chi connectivity index (χ0v) is 18.9. The molecule has 2 aliphatic carbocycles. The molecule has 31 heavy (non-hydrogen) atoms. The Balaban J connectivity index is 1.84. The summed E-state index contributed by atoms with van der Waals surface area (Å²) in [4.78, 5) is 11.1. The molecule has 0 amide bonds. The predicted octanol–water partition coefficient (Wildman–Crippen LogP) is 3.03. The summed E-state index contributed by atoms with van der Waals surface area (Å²) in [5, 5.41) is 9.74. The summed E-state index contributed by atoms with van der Waals surface area (Å²) in [5.74, 6) is 1.43. The fraction of sp³-hybridized carbons (Fsp3) is 0.583. The van der Waals surface area contributed by atoms with Crippen LogP contribution in [0, 0.1) is 0 Å². The highest BCUT2D eigenvalue weighted by Gasteiger charge is 2.37. The fourth-order valence-electron chi connectivity index (χ4n) is 5.19. The van der Waals surface area contributed by atoms with Crippen LogP contribution in [0.25, 0.3) is 11.3 Å². The van der Waals surface area contributed by atoms with Gasteiger partial charge >= 0.3 is 0 Å². The van der Waals surface area contributed by atoms with Crippen molar-refractivity contribution in [3.05, 3.63) is 29.6 Å². The average Bonchev–Trinajstić information content (AvgIpc) is 2.73. The first-order valence-electron chi connectivity index (χ1n) is 11.4. The Hall–Kier alpha value is -2.38. The van der Waals surface area contributed by atoms with E-state index < -0.39 is 0 Å². The molecule has 168 valence electrons. The van der Waals surface area contributed by atoms with Crippen molar-refractivity contribution >= 4 is 11.5 Å². The SMILES string of the molecule is CCN(CCO)c1c(O[C@H]2CC[C@@H](N)CC2)ccc2c1CC(C)(C)c1c(N)ncnc1-2. The number of ether oxygens (including phenoxy) is 1. The summed E-state index contributed by atoms with van der Waals surface area (Å²) in [5.41, 5.74) is 17.4. The molecule has 7 nitrogen and oxygen atoms in total. The molecule has 1 saturated carbocycles. The van der Waals surface area contributed by atoms with Gasteiger partial charge in [-0.1, -0.05) is 13.8 Å². The first-order valence-corrected chi connectivity index (χ1v) is 11.4. The van der Waals surface area contributed by atoms with Crippen LogP contribution in [0.3, 0.4) is 0 Å². The topological polar surface area (TPSA) is 111 Å². The molecule has 0 atom stereocenters. The summed E-state index contributed by atoms with van der Waals surface area (Å²) in [6.07, 6.45) is 6.46. The highest BCUT2D eigenvalue weighted by atomic mass is 16.5. The van der Waals surface area contributed by atoms with E-state index in [0.717, 1.165) is 66.9 Å². The monoisotopic (exact) mass is 425 g/mol. The van der Waals surface area contributed by atoms with E-state index in [-0.39, 0.29) is 24.2 Å². The summed E-state index contributed by atoms with van der Waals surface area (Å²) in [6.45, 7) is 7.92. The molecule has 0 spiro atoms. The van der Waals surface area contributed by atoms with Gasteiger partial charge in [0, 0.05) is 30.3 Å². The number of nitrogens with zero attached hydrogens (tertiary/aromatic N) is 3. The number of aliphatic hydroxyl groups excluding tert-OH is 1. The van der Waals surface area contributed by atoms with Crippen LogP contribution in [0.2, 0.25) is 0 Å². The number of nitrogens with two attached hydrogens (primary N) is 2. The van der Waals surface area contributed by atoms with Crippen LogP contribution >= 0.6 is 0 Å². The second-order valence-electron chi connectivity index (χ2n) is 9.44. The van der Waals surface area contributed by atoms with Crippen LogP contribution in [0.1, 0.15) is 57.6 Å². The number of likely N-dealkylation sites (N-methyl/N-ethyl adjacent to an activating group) is 1. The molecule has 1 aromatic carbocycles. The molecule has 0 unspecified atom stereocenters. The summed E-state index contributed by atoms with van der Waals surface area (Å²) < 4.78 is 6.57. The Morgan fingerprint density at radius 3 is 2.61 bits per heavy atom. The van der Waals surface area contributed by atoms with Gasteiger partial charge in [-0.05, 0) is 62.1 Å². The number of hydrogen-bond acceptors (Lipinski definition) is 7. The molecule has 1 aromatic heterocycles. The first kappa shape index (κ1) is 21.8. The van der Waals surface area contributed by atoms with Crippen LogP contribution < -0.4 is 21.1 Å². The van der Waals surface area contributed by atoms with Crippen molar-refractivity contribution in [3.63, 3.8) is 0 Å². The molecule has 7 heteroatoms. The quantitative estimate of drug-likeness (QED) is 0.652. The third-order valence-electron chi connectivity index (χ3n) is 6.75. The fourth-order valence-corrected chi connectivity index (χ4v) is 5.19. The third-order valence-corrected chi connectivity index (χ3v) is 6.75. The van der Waals surface area contributed by atoms with Gasteiger partial charge < -0.3 is 26.2 Å². The van der Waals surface area contributed by atoms with Gasteiger partial charge in [0.2, 0.25) is 0 Å². The van der Waals surface area contributed by atoms with E-state index in [1.807, 2.05) is 0 Å². The van der Waals surface area contributed by atoms with Crippen molar-refractivity contribution in [3.8, 4) is 17.0 Å². The van der Waals surface area contributed by atoms with E-state index in [4.69, 9.17) is 16.2 Å². The van der Waals surface area contributed by atoms with Crippen LogP contribution in [0.5, 0.6) is 5.75 Å². The largest absolute Gasteiger partial charge is 0.488 e. The Morgan fingerprint density at radius 2 is 1.94 bits per heavy atom. The van der Waals surface area contributed by atoms with Gasteiger partial charge in [-0.3, -0.25) is 0 Å². The lowest BCUT2D eigenvalue weighted by atomic mass is 9.71. The summed E-state index contributed by atoms with van der Waals surface area (Å²) >= 11 is 0. The number of hydrogen-bond donors (Lipinski definition) is 3. The minimum absolute atomic E-state index is 0.0876. The van der Waals surface area contributed by atoms with E-state index in [9.17, 15) is 5.11 Å². The molecular formula is C24H35N5O2. The number of anilines is 2. The number of aromatic nitrogens is 2. The number of fused-ring (bicyclic) bond motifs is 3. The lowest BCUT2D eigenvalue weighted by Crippen LogP contribution is -2.34. The normalized spacial score (nSPS) is 21.8. The van der Waals surface area contributed by atoms with Crippen LogP contribution in [-0.4, -0.2) is 46.9 Å². The van der Waals surface area contributed by atoms with E-state index in [2.05, 4.69) is 47.8 Å². The standard InChI is InChI=1S/C24H35N5O2/c1-4-29(11-12-30)22-18-13-24(2,3)20-21(27-14-28-23(20)26)17(18)9-10-19(22)31-16-7-5-15(25)6-8-16/h9-10,14-16,30H,4-8,11-13,25H2,1-3H3,(H2,26,27,28)/t15-,16+. The van der Waals surface area contributed by atoms with Crippen molar-refractivity contribution in [1.82, 2.24) is 9.97 Å². The molecule has 0 radical (unpaired) electrons. The molecule has 1 fully saturated rings. The van der Waals surface area contributed by atoms with E-state index >= 15 is 0 Å². The molecule has 2 aliphatic rings. The van der Waals surface area contributed by atoms with Crippen molar-refractivity contribution in [2.75, 3.05) is 30.3 Å². The Kier molecular flexibility index (Phi) is 6.08. The highest BCUT2D eigenvalue weighted by molar-refractivity contribution is 5.83. The Bertz CT molecular complexity index is 938. The molecule has 4 rings (SSSR count). The molecular weight excluding hydrogens is 390 g/mol. The second kappa shape index (κ2) is 8.63. The van der Waals surface area contributed by atoms with Gasteiger partial charge in [-0.25, -0.2) is 9.97 Å². The van der Waals surface area contributed by atoms with Gasteiger partial charge in [-0.2, -0.15) is 0 Å². The second-order valence-corrected chi connectivity index (χ2v) is 9.44. The zero-order chi connectivity index (χ0) is 22.2. The van der Waals surface area contributed by atoms with Crippen LogP contribution in [-0.2, 0) is 11.8 Å². The number of benzene rings is 1. The molecule has 0 bridgehead atoms. The van der Waals surface area contributed by atoms with Crippen molar-refractivity contribution in [1.29, 1.82) is 0 Å². The summed E-state index contributed by atoms with van der Waals surface area (Å²) in [6, 6.07) is 4.45.